The Morgan fingerprint density at radius 2 is 2.15 bits per heavy atom. The largest absolute Gasteiger partial charge is 0.478 e. The van der Waals surface area contributed by atoms with Crippen molar-refractivity contribution in [1.29, 1.82) is 0 Å². The molecule has 0 spiro atoms. The molecule has 2 N–H and O–H groups in total. The summed E-state index contributed by atoms with van der Waals surface area (Å²) >= 11 is 0. The van der Waals surface area contributed by atoms with Gasteiger partial charge in [-0.3, -0.25) is 9.78 Å². The van der Waals surface area contributed by atoms with Gasteiger partial charge in [-0.15, -0.1) is 0 Å². The van der Waals surface area contributed by atoms with Crippen LogP contribution in [-0.4, -0.2) is 53.0 Å². The van der Waals surface area contributed by atoms with E-state index in [9.17, 15) is 9.59 Å². The van der Waals surface area contributed by atoms with Gasteiger partial charge in [-0.25, -0.2) is 4.79 Å². The molecule has 1 amide bonds. The first-order valence-corrected chi connectivity index (χ1v) is 6.58. The number of aromatic carboxylic acids is 1. The highest BCUT2D eigenvalue weighted by molar-refractivity contribution is 5.96. The molecular formula is C14H19N3O3. The van der Waals surface area contributed by atoms with Gasteiger partial charge in [-0.2, -0.15) is 0 Å². The van der Waals surface area contributed by atoms with Gasteiger partial charge in [0.25, 0.3) is 5.91 Å². The normalized spacial score (nSPS) is 16.6. The number of carbonyl (C=O) groups excluding carboxylic acids is 1. The van der Waals surface area contributed by atoms with Crippen LogP contribution in [0.15, 0.2) is 18.3 Å². The first-order valence-electron chi connectivity index (χ1n) is 6.58. The fourth-order valence-electron chi connectivity index (χ4n) is 2.52. The highest BCUT2D eigenvalue weighted by Gasteiger charge is 2.39. The van der Waals surface area contributed by atoms with Crippen LogP contribution in [0.5, 0.6) is 0 Å². The number of nitrogens with one attached hydrogen (secondary N) is 1. The van der Waals surface area contributed by atoms with E-state index in [1.165, 1.54) is 18.3 Å². The fourth-order valence-corrected chi connectivity index (χ4v) is 2.52. The molecule has 1 heterocycles. The second kappa shape index (κ2) is 5.58. The molecular weight excluding hydrogens is 258 g/mol. The lowest BCUT2D eigenvalue weighted by Crippen LogP contribution is -2.59. The van der Waals surface area contributed by atoms with Gasteiger partial charge in [-0.05, 0) is 45.5 Å². The first kappa shape index (κ1) is 14.5. The zero-order chi connectivity index (χ0) is 14.8. The third kappa shape index (κ3) is 3.14. The van der Waals surface area contributed by atoms with E-state index in [1.807, 2.05) is 19.0 Å². The van der Waals surface area contributed by atoms with Gasteiger partial charge in [-0.1, -0.05) is 0 Å². The number of hydrogen-bond acceptors (Lipinski definition) is 4. The van der Waals surface area contributed by atoms with Crippen LogP contribution >= 0.6 is 0 Å². The van der Waals surface area contributed by atoms with E-state index in [-0.39, 0.29) is 22.7 Å². The van der Waals surface area contributed by atoms with E-state index in [0.29, 0.717) is 0 Å². The van der Waals surface area contributed by atoms with Crippen LogP contribution in [0.4, 0.5) is 0 Å². The Bertz CT molecular complexity index is 524. The third-order valence-electron chi connectivity index (χ3n) is 3.55. The summed E-state index contributed by atoms with van der Waals surface area (Å²) in [6.07, 6.45) is 4.32. The predicted molar refractivity (Wildman–Crippen MR) is 73.8 cm³/mol. The summed E-state index contributed by atoms with van der Waals surface area (Å²) in [7, 11) is 3.94. The second-order valence-electron chi connectivity index (χ2n) is 5.56. The summed E-state index contributed by atoms with van der Waals surface area (Å²) in [5.74, 6) is -1.37. The number of amides is 1. The van der Waals surface area contributed by atoms with Crippen molar-refractivity contribution in [2.45, 2.75) is 24.8 Å². The maximum absolute atomic E-state index is 12.2. The number of hydrogen-bond donors (Lipinski definition) is 2. The monoisotopic (exact) mass is 277 g/mol. The summed E-state index contributed by atoms with van der Waals surface area (Å²) in [5, 5.41) is 11.9. The van der Waals surface area contributed by atoms with Gasteiger partial charge in [0.15, 0.2) is 0 Å². The topological polar surface area (TPSA) is 82.5 Å². The summed E-state index contributed by atoms with van der Waals surface area (Å²) in [6, 6.07) is 2.68. The van der Waals surface area contributed by atoms with Crippen molar-refractivity contribution in [2.75, 3.05) is 20.6 Å². The lowest BCUT2D eigenvalue weighted by molar-refractivity contribution is 0.0696. The molecule has 6 heteroatoms. The molecule has 6 nitrogen and oxygen atoms in total. The number of pyridine rings is 1. The zero-order valence-corrected chi connectivity index (χ0v) is 11.7. The Morgan fingerprint density at radius 3 is 2.65 bits per heavy atom. The minimum absolute atomic E-state index is 0.0698. The van der Waals surface area contributed by atoms with Crippen molar-refractivity contribution in [3.8, 4) is 0 Å². The molecule has 0 aliphatic heterocycles. The first-order chi connectivity index (χ1) is 9.42. The molecule has 0 aromatic carbocycles. The molecule has 1 aromatic heterocycles. The molecule has 0 atom stereocenters. The molecule has 0 unspecified atom stereocenters. The smallest absolute Gasteiger partial charge is 0.335 e. The predicted octanol–water partition coefficient (Wildman–Crippen LogP) is 0.994. The quantitative estimate of drug-likeness (QED) is 0.839. The summed E-state index contributed by atoms with van der Waals surface area (Å²) in [6.45, 7) is 0.775. The zero-order valence-electron chi connectivity index (χ0n) is 11.7. The van der Waals surface area contributed by atoms with Gasteiger partial charge in [0.05, 0.1) is 11.1 Å². The van der Waals surface area contributed by atoms with Crippen molar-refractivity contribution in [2.24, 2.45) is 0 Å². The average Bonchev–Trinajstić information content (AvgIpc) is 2.35. The number of aromatic nitrogens is 1. The molecule has 20 heavy (non-hydrogen) atoms. The van der Waals surface area contributed by atoms with E-state index in [4.69, 9.17) is 5.11 Å². The molecule has 1 aliphatic rings. The third-order valence-corrected chi connectivity index (χ3v) is 3.55. The van der Waals surface area contributed by atoms with Crippen LogP contribution in [0.25, 0.3) is 0 Å². The van der Waals surface area contributed by atoms with E-state index >= 15 is 0 Å². The molecule has 0 saturated heterocycles. The SMILES string of the molecule is CN(C)CC1(NC(=O)c2cc(C(=O)O)ccn2)CCC1. The summed E-state index contributed by atoms with van der Waals surface area (Å²) in [5.41, 5.74) is 0.0111. The van der Waals surface area contributed by atoms with E-state index in [0.717, 1.165) is 25.8 Å². The van der Waals surface area contributed by atoms with Crippen LogP contribution in [0.3, 0.4) is 0 Å². The van der Waals surface area contributed by atoms with Crippen molar-refractivity contribution in [1.82, 2.24) is 15.2 Å². The van der Waals surface area contributed by atoms with E-state index in [2.05, 4.69) is 10.3 Å². The molecule has 2 rings (SSSR count). The van der Waals surface area contributed by atoms with Crippen molar-refractivity contribution in [3.63, 3.8) is 0 Å². The number of carboxylic acid groups (broad SMARTS) is 1. The molecule has 1 fully saturated rings. The number of rotatable bonds is 5. The van der Waals surface area contributed by atoms with Crippen LogP contribution < -0.4 is 5.32 Å². The maximum Gasteiger partial charge on any atom is 0.335 e. The summed E-state index contributed by atoms with van der Waals surface area (Å²) in [4.78, 5) is 29.1. The highest BCUT2D eigenvalue weighted by atomic mass is 16.4. The van der Waals surface area contributed by atoms with Crippen molar-refractivity contribution < 1.29 is 14.7 Å². The Hall–Kier alpha value is -1.95. The van der Waals surface area contributed by atoms with Crippen LogP contribution in [0.2, 0.25) is 0 Å². The highest BCUT2D eigenvalue weighted by Crippen LogP contribution is 2.32. The minimum atomic E-state index is -1.06. The number of likely N-dealkylation sites (N-methyl/N-ethyl adjacent to an activating group) is 1. The molecule has 1 aromatic rings. The molecule has 0 bridgehead atoms. The standard InChI is InChI=1S/C14H19N3O3/c1-17(2)9-14(5-3-6-14)16-12(18)11-8-10(13(19)20)4-7-15-11/h4,7-8H,3,5-6,9H2,1-2H3,(H,16,18)(H,19,20). The average molecular weight is 277 g/mol. The lowest BCUT2D eigenvalue weighted by atomic mass is 9.76. The van der Waals surface area contributed by atoms with Gasteiger partial charge >= 0.3 is 5.97 Å². The van der Waals surface area contributed by atoms with Crippen molar-refractivity contribution in [3.05, 3.63) is 29.6 Å². The number of nitrogens with zero attached hydrogens (tertiary/aromatic N) is 2. The Labute approximate surface area is 117 Å². The van der Waals surface area contributed by atoms with Crippen LogP contribution in [0.1, 0.15) is 40.1 Å². The number of carbonyl (C=O) groups is 2. The number of carboxylic acids is 1. The fraction of sp³-hybridized carbons (Fsp3) is 0.500. The molecule has 108 valence electrons. The Morgan fingerprint density at radius 1 is 1.45 bits per heavy atom. The Balaban J connectivity index is 2.11. The molecule has 1 saturated carbocycles. The van der Waals surface area contributed by atoms with Gasteiger partial charge in [0.2, 0.25) is 0 Å². The van der Waals surface area contributed by atoms with E-state index in [1.54, 1.807) is 0 Å². The van der Waals surface area contributed by atoms with E-state index < -0.39 is 5.97 Å². The lowest BCUT2D eigenvalue weighted by Gasteiger charge is -2.44. The van der Waals surface area contributed by atoms with Crippen LogP contribution in [-0.2, 0) is 0 Å². The molecule has 0 radical (unpaired) electrons. The van der Waals surface area contributed by atoms with Gasteiger partial charge < -0.3 is 15.3 Å². The molecule has 1 aliphatic carbocycles. The van der Waals surface area contributed by atoms with Crippen molar-refractivity contribution >= 4 is 11.9 Å². The van der Waals surface area contributed by atoms with Crippen LogP contribution in [0, 0.1) is 0 Å². The minimum Gasteiger partial charge on any atom is -0.478 e. The second-order valence-corrected chi connectivity index (χ2v) is 5.56. The summed E-state index contributed by atoms with van der Waals surface area (Å²) < 4.78 is 0. The maximum atomic E-state index is 12.2. The van der Waals surface area contributed by atoms with Gasteiger partial charge in [0.1, 0.15) is 5.69 Å². The van der Waals surface area contributed by atoms with Gasteiger partial charge in [0, 0.05) is 12.7 Å². The Kier molecular flexibility index (Phi) is 4.04.